The average Bonchev–Trinajstić information content (AvgIpc) is 2.39. The second kappa shape index (κ2) is 5.72. The van der Waals surface area contributed by atoms with Crippen molar-refractivity contribution in [2.45, 2.75) is 44.9 Å². The number of rotatable bonds is 3. The molecule has 0 atom stereocenters. The van der Waals surface area contributed by atoms with Crippen molar-refractivity contribution in [2.24, 2.45) is 5.92 Å². The summed E-state index contributed by atoms with van der Waals surface area (Å²) in [5.41, 5.74) is 0.251. The van der Waals surface area contributed by atoms with Gasteiger partial charge in [-0.25, -0.2) is 14.4 Å². The SMILES string of the molecule is N#Cc1ncnc(CCC2CCCCC2)c1F. The molecule has 17 heavy (non-hydrogen) atoms. The molecule has 1 aromatic heterocycles. The summed E-state index contributed by atoms with van der Waals surface area (Å²) in [5.74, 6) is 0.162. The highest BCUT2D eigenvalue weighted by atomic mass is 19.1. The van der Waals surface area contributed by atoms with Crippen LogP contribution in [0.4, 0.5) is 4.39 Å². The molecule has 3 nitrogen and oxygen atoms in total. The van der Waals surface area contributed by atoms with E-state index in [0.29, 0.717) is 18.0 Å². The smallest absolute Gasteiger partial charge is 0.181 e. The Kier molecular flexibility index (Phi) is 4.03. The molecule has 4 heteroatoms. The Balaban J connectivity index is 1.96. The Morgan fingerprint density at radius 3 is 2.76 bits per heavy atom. The van der Waals surface area contributed by atoms with Gasteiger partial charge in [-0.2, -0.15) is 5.26 Å². The summed E-state index contributed by atoms with van der Waals surface area (Å²) in [6.07, 6.45) is 9.28. The summed E-state index contributed by atoms with van der Waals surface area (Å²) in [6, 6.07) is 1.75. The van der Waals surface area contributed by atoms with Crippen molar-refractivity contribution in [3.05, 3.63) is 23.5 Å². The monoisotopic (exact) mass is 233 g/mol. The van der Waals surface area contributed by atoms with Crippen molar-refractivity contribution in [3.8, 4) is 6.07 Å². The van der Waals surface area contributed by atoms with Gasteiger partial charge in [0.05, 0.1) is 5.69 Å². The summed E-state index contributed by atoms with van der Waals surface area (Å²) in [4.78, 5) is 7.54. The molecule has 90 valence electrons. The molecule has 0 saturated heterocycles. The van der Waals surface area contributed by atoms with Crippen LogP contribution in [0.3, 0.4) is 0 Å². The summed E-state index contributed by atoms with van der Waals surface area (Å²) in [6.45, 7) is 0. The minimum atomic E-state index is -0.536. The van der Waals surface area contributed by atoms with E-state index < -0.39 is 5.82 Å². The van der Waals surface area contributed by atoms with Crippen molar-refractivity contribution < 1.29 is 4.39 Å². The molecule has 1 aliphatic rings. The average molecular weight is 233 g/mol. The fourth-order valence-corrected chi connectivity index (χ4v) is 2.48. The predicted octanol–water partition coefficient (Wildman–Crippen LogP) is 3.00. The lowest BCUT2D eigenvalue weighted by atomic mass is 9.86. The first-order chi connectivity index (χ1) is 8.31. The largest absolute Gasteiger partial charge is 0.238 e. The van der Waals surface area contributed by atoms with E-state index in [0.717, 1.165) is 6.42 Å². The molecule has 1 aromatic rings. The lowest BCUT2D eigenvalue weighted by Gasteiger charge is -2.21. The minimum Gasteiger partial charge on any atom is -0.238 e. The van der Waals surface area contributed by atoms with Crippen LogP contribution in [0.2, 0.25) is 0 Å². The summed E-state index contributed by atoms with van der Waals surface area (Å²) >= 11 is 0. The van der Waals surface area contributed by atoms with Crippen LogP contribution in [-0.4, -0.2) is 9.97 Å². The van der Waals surface area contributed by atoms with Gasteiger partial charge in [0.25, 0.3) is 0 Å². The number of nitriles is 1. The van der Waals surface area contributed by atoms with E-state index in [1.807, 2.05) is 0 Å². The maximum Gasteiger partial charge on any atom is 0.181 e. The van der Waals surface area contributed by atoms with Crippen LogP contribution in [0.5, 0.6) is 0 Å². The third-order valence-electron chi connectivity index (χ3n) is 3.48. The number of aryl methyl sites for hydroxylation is 1. The Bertz CT molecular complexity index is 419. The molecule has 0 aromatic carbocycles. The van der Waals surface area contributed by atoms with E-state index in [4.69, 9.17) is 5.26 Å². The van der Waals surface area contributed by atoms with Gasteiger partial charge in [-0.1, -0.05) is 32.1 Å². The first kappa shape index (κ1) is 12.0. The van der Waals surface area contributed by atoms with Crippen molar-refractivity contribution >= 4 is 0 Å². The lowest BCUT2D eigenvalue weighted by Crippen LogP contribution is -2.09. The number of hydrogen-bond donors (Lipinski definition) is 0. The fraction of sp³-hybridized carbons (Fsp3) is 0.615. The predicted molar refractivity (Wildman–Crippen MR) is 61.6 cm³/mol. The highest BCUT2D eigenvalue weighted by Crippen LogP contribution is 2.27. The Morgan fingerprint density at radius 1 is 1.29 bits per heavy atom. The molecule has 0 N–H and O–H groups in total. The number of aromatic nitrogens is 2. The quantitative estimate of drug-likeness (QED) is 0.806. The number of nitrogens with zero attached hydrogens (tertiary/aromatic N) is 3. The van der Waals surface area contributed by atoms with Gasteiger partial charge in [0, 0.05) is 0 Å². The van der Waals surface area contributed by atoms with Crippen LogP contribution in [0.25, 0.3) is 0 Å². The Morgan fingerprint density at radius 2 is 2.06 bits per heavy atom. The molecular weight excluding hydrogens is 217 g/mol. The van der Waals surface area contributed by atoms with Crippen LogP contribution in [-0.2, 0) is 6.42 Å². The first-order valence-electron chi connectivity index (χ1n) is 6.20. The van der Waals surface area contributed by atoms with Crippen LogP contribution < -0.4 is 0 Å². The topological polar surface area (TPSA) is 49.6 Å². The van der Waals surface area contributed by atoms with Crippen LogP contribution in [0, 0.1) is 23.1 Å². The molecule has 0 aliphatic heterocycles. The third-order valence-corrected chi connectivity index (χ3v) is 3.48. The second-order valence-corrected chi connectivity index (χ2v) is 4.64. The molecule has 0 amide bonds. The van der Waals surface area contributed by atoms with Gasteiger partial charge in [-0.3, -0.25) is 0 Å². The van der Waals surface area contributed by atoms with Gasteiger partial charge < -0.3 is 0 Å². The van der Waals surface area contributed by atoms with Crippen LogP contribution in [0.15, 0.2) is 6.33 Å². The summed E-state index contributed by atoms with van der Waals surface area (Å²) in [7, 11) is 0. The zero-order valence-electron chi connectivity index (χ0n) is 9.82. The zero-order chi connectivity index (χ0) is 12.1. The van der Waals surface area contributed by atoms with E-state index in [-0.39, 0.29) is 5.69 Å². The minimum absolute atomic E-state index is 0.140. The second-order valence-electron chi connectivity index (χ2n) is 4.64. The maximum atomic E-state index is 13.7. The molecule has 1 fully saturated rings. The molecule has 0 radical (unpaired) electrons. The molecule has 1 saturated carbocycles. The Hall–Kier alpha value is -1.50. The van der Waals surface area contributed by atoms with Crippen molar-refractivity contribution in [3.63, 3.8) is 0 Å². The Labute approximate surface area is 101 Å². The van der Waals surface area contributed by atoms with E-state index in [9.17, 15) is 4.39 Å². The molecule has 1 aliphatic carbocycles. The molecule has 1 heterocycles. The van der Waals surface area contributed by atoms with E-state index in [1.54, 1.807) is 6.07 Å². The third kappa shape index (κ3) is 3.00. The summed E-state index contributed by atoms with van der Waals surface area (Å²) < 4.78 is 13.7. The molecule has 0 unspecified atom stereocenters. The van der Waals surface area contributed by atoms with Crippen LogP contribution in [0.1, 0.15) is 49.9 Å². The maximum absolute atomic E-state index is 13.7. The first-order valence-corrected chi connectivity index (χ1v) is 6.20. The van der Waals surface area contributed by atoms with Crippen molar-refractivity contribution in [1.82, 2.24) is 9.97 Å². The molecule has 0 spiro atoms. The zero-order valence-corrected chi connectivity index (χ0v) is 9.82. The van der Waals surface area contributed by atoms with E-state index in [1.165, 1.54) is 38.4 Å². The van der Waals surface area contributed by atoms with Gasteiger partial charge in [0.2, 0.25) is 0 Å². The standard InChI is InChI=1S/C13H16FN3/c14-13-11(16-9-17-12(13)8-15)7-6-10-4-2-1-3-5-10/h9-10H,1-7H2. The van der Waals surface area contributed by atoms with Crippen molar-refractivity contribution in [2.75, 3.05) is 0 Å². The molecular formula is C13H16FN3. The van der Waals surface area contributed by atoms with Crippen molar-refractivity contribution in [1.29, 1.82) is 5.26 Å². The fourth-order valence-electron chi connectivity index (χ4n) is 2.48. The lowest BCUT2D eigenvalue weighted by molar-refractivity contribution is 0.336. The van der Waals surface area contributed by atoms with Gasteiger partial charge >= 0.3 is 0 Å². The van der Waals surface area contributed by atoms with Gasteiger partial charge in [0.15, 0.2) is 11.5 Å². The number of halogens is 1. The highest BCUT2D eigenvalue weighted by Gasteiger charge is 2.16. The van der Waals surface area contributed by atoms with E-state index in [2.05, 4.69) is 9.97 Å². The normalized spacial score (nSPS) is 16.7. The molecule has 2 rings (SSSR count). The van der Waals surface area contributed by atoms with Crippen LogP contribution >= 0.6 is 0 Å². The highest BCUT2D eigenvalue weighted by molar-refractivity contribution is 5.23. The van der Waals surface area contributed by atoms with Gasteiger partial charge in [-0.05, 0) is 18.8 Å². The van der Waals surface area contributed by atoms with E-state index >= 15 is 0 Å². The summed E-state index contributed by atoms with van der Waals surface area (Å²) in [5, 5.41) is 8.68. The number of hydrogen-bond acceptors (Lipinski definition) is 3. The van der Waals surface area contributed by atoms with Gasteiger partial charge in [-0.15, -0.1) is 0 Å². The molecule has 0 bridgehead atoms. The van der Waals surface area contributed by atoms with Gasteiger partial charge in [0.1, 0.15) is 12.4 Å².